The molecule has 0 saturated carbocycles. The number of rotatable bonds is 0. The van der Waals surface area contributed by atoms with E-state index >= 15 is 0 Å². The van der Waals surface area contributed by atoms with Crippen molar-refractivity contribution < 1.29 is 0 Å². The monoisotopic (exact) mass is 140 g/mol. The Morgan fingerprint density at radius 3 is 1.25 bits per heavy atom. The van der Waals surface area contributed by atoms with Crippen molar-refractivity contribution in [3.8, 4) is 0 Å². The van der Waals surface area contributed by atoms with Gasteiger partial charge in [0, 0.05) is 38.7 Å². The molecule has 0 aromatic rings. The van der Waals surface area contributed by atoms with Crippen LogP contribution >= 0.6 is 8.02 Å². The fourth-order valence-electron chi connectivity index (χ4n) is 0. The fourth-order valence-corrected chi connectivity index (χ4v) is 0. The van der Waals surface area contributed by atoms with Crippen molar-refractivity contribution in [3.63, 3.8) is 0 Å². The second-order valence-corrected chi connectivity index (χ2v) is 0. The molecule has 4 heteroatoms. The zero-order valence-electron chi connectivity index (χ0n) is 2.49. The molecule has 0 bridgehead atoms. The van der Waals surface area contributed by atoms with Gasteiger partial charge in [0.1, 0.15) is 0 Å². The average molecular weight is 141 g/mol. The molecule has 0 rings (SSSR count). The summed E-state index contributed by atoms with van der Waals surface area (Å²) in [6, 6.07) is 0. The summed E-state index contributed by atoms with van der Waals surface area (Å²) in [5.74, 6) is 0. The molecular weight excluding hydrogens is 140 g/mol. The van der Waals surface area contributed by atoms with Gasteiger partial charge in [0.2, 0.25) is 0 Å². The standard InChI is InChI=1S/Ga.Li.HPS/c;;1-2/h;;1H. The molecule has 4 heavy (non-hydrogen) atoms. The van der Waals surface area contributed by atoms with Gasteiger partial charge in [-0.2, -0.15) is 0 Å². The predicted molar refractivity (Wildman–Crippen MR) is 27.2 cm³/mol. The van der Waals surface area contributed by atoms with E-state index in [0.717, 1.165) is 0 Å². The van der Waals surface area contributed by atoms with Crippen molar-refractivity contribution >= 4 is 58.5 Å². The van der Waals surface area contributed by atoms with Gasteiger partial charge in [0.15, 0.2) is 0 Å². The van der Waals surface area contributed by atoms with Crippen LogP contribution < -0.4 is 0 Å². The van der Waals surface area contributed by atoms with Crippen molar-refractivity contribution in [3.05, 3.63) is 0 Å². The van der Waals surface area contributed by atoms with E-state index in [1.54, 1.807) is 0 Å². The molecule has 0 aromatic heterocycles. The molecule has 0 aliphatic heterocycles. The molecule has 0 aliphatic carbocycles. The number of hydrogen-bond acceptors (Lipinski definition) is 1. The minimum absolute atomic E-state index is 0. The Morgan fingerprint density at radius 1 is 1.25 bits per heavy atom. The molecule has 16 valence electrons. The zero-order valence-corrected chi connectivity index (χ0v) is 6.72. The molecule has 0 aromatic carbocycles. The molecule has 0 nitrogen and oxygen atoms in total. The van der Waals surface area contributed by atoms with Crippen LogP contribution in [0.1, 0.15) is 0 Å². The smallest absolute Gasteiger partial charge is 0 e. The van der Waals surface area contributed by atoms with Crippen LogP contribution in [0, 0.1) is 0 Å². The van der Waals surface area contributed by atoms with Gasteiger partial charge in [0.05, 0.1) is 0 Å². The van der Waals surface area contributed by atoms with Gasteiger partial charge >= 0.3 is 0 Å². The number of hydrogen-bond donors (Lipinski definition) is 0. The predicted octanol–water partition coefficient (Wildman–Crippen LogP) is -0.171. The fraction of sp³-hybridized carbons (Fsp3) is 0. The van der Waals surface area contributed by atoms with Crippen LogP contribution in [0.25, 0.3) is 0 Å². The molecule has 0 saturated heterocycles. The van der Waals surface area contributed by atoms with Crippen LogP contribution in [0.4, 0.5) is 0 Å². The molecule has 0 heterocycles. The van der Waals surface area contributed by atoms with E-state index in [9.17, 15) is 0 Å². The van der Waals surface area contributed by atoms with E-state index in [1.165, 1.54) is 0 Å². The molecular formula is HGaLiPS. The third kappa shape index (κ3) is 9.26. The zero-order chi connectivity index (χ0) is 2.00. The quantitative estimate of drug-likeness (QED) is 0.333. The Morgan fingerprint density at radius 2 is 1.25 bits per heavy atom. The summed E-state index contributed by atoms with van der Waals surface area (Å²) < 4.78 is 0. The molecule has 4 radical (unpaired) electrons. The Hall–Kier alpha value is 1.75. The first kappa shape index (κ1) is 17.1. The van der Waals surface area contributed by atoms with Gasteiger partial charge in [-0.1, -0.05) is 11.8 Å². The van der Waals surface area contributed by atoms with Crippen LogP contribution in [0.5, 0.6) is 0 Å². The average Bonchev–Trinajstić information content (AvgIpc) is 1.00. The topological polar surface area (TPSA) is 0 Å². The van der Waals surface area contributed by atoms with Crippen LogP contribution in [0.15, 0.2) is 0 Å². The molecule has 0 amide bonds. The van der Waals surface area contributed by atoms with E-state index < -0.39 is 0 Å². The molecule has 0 fully saturated rings. The summed E-state index contributed by atoms with van der Waals surface area (Å²) >= 11 is 3.89. The third-order valence-electron chi connectivity index (χ3n) is 0. The Balaban J connectivity index is -0.00000000500. The largest absolute Gasteiger partial charge is 0.0615 e. The maximum absolute atomic E-state index is 3.89. The van der Waals surface area contributed by atoms with E-state index in [2.05, 4.69) is 19.8 Å². The maximum atomic E-state index is 3.89. The van der Waals surface area contributed by atoms with Crippen LogP contribution in [0.2, 0.25) is 0 Å². The molecule has 0 aliphatic rings. The molecule has 0 atom stereocenters. The van der Waals surface area contributed by atoms with Crippen LogP contribution in [0.3, 0.4) is 0 Å². The molecule has 0 spiro atoms. The van der Waals surface area contributed by atoms with Crippen molar-refractivity contribution in [1.29, 1.82) is 0 Å². The van der Waals surface area contributed by atoms with E-state index in [4.69, 9.17) is 0 Å². The van der Waals surface area contributed by atoms with E-state index in [0.29, 0.717) is 0 Å². The van der Waals surface area contributed by atoms with Gasteiger partial charge in [-0.15, -0.1) is 0 Å². The first-order valence-corrected chi connectivity index (χ1v) is 1.84. The van der Waals surface area contributed by atoms with E-state index in [1.807, 2.05) is 0 Å². The minimum Gasteiger partial charge on any atom is -0.0615 e. The van der Waals surface area contributed by atoms with Crippen molar-refractivity contribution in [2.75, 3.05) is 0 Å². The first-order valence-electron chi connectivity index (χ1n) is 0.204. The van der Waals surface area contributed by atoms with Crippen molar-refractivity contribution in [2.24, 2.45) is 0 Å². The van der Waals surface area contributed by atoms with Gasteiger partial charge in [-0.05, 0) is 8.02 Å². The van der Waals surface area contributed by atoms with Crippen LogP contribution in [-0.4, -0.2) is 38.7 Å². The Kier molecular flexibility index (Phi) is 93.4. The second-order valence-electron chi connectivity index (χ2n) is 0. The van der Waals surface area contributed by atoms with Crippen molar-refractivity contribution in [2.45, 2.75) is 0 Å². The SMILES string of the molecule is P=S.[Ga].[Li]. The summed E-state index contributed by atoms with van der Waals surface area (Å²) in [5, 5.41) is 0. The normalized spacial score (nSPS) is 1.00. The minimum atomic E-state index is 0. The maximum Gasteiger partial charge on any atom is 0 e. The Labute approximate surface area is 58.2 Å². The summed E-state index contributed by atoms with van der Waals surface area (Å²) in [6.07, 6.45) is 0. The van der Waals surface area contributed by atoms with Gasteiger partial charge in [0.25, 0.3) is 0 Å². The molecule has 0 N–H and O–H groups in total. The Bertz CT molecular complexity index is 8.00. The van der Waals surface area contributed by atoms with E-state index in [-0.39, 0.29) is 38.7 Å². The van der Waals surface area contributed by atoms with Crippen molar-refractivity contribution in [1.82, 2.24) is 0 Å². The van der Waals surface area contributed by atoms with Gasteiger partial charge in [-0.25, -0.2) is 0 Å². The summed E-state index contributed by atoms with van der Waals surface area (Å²) in [7, 11) is 2.56. The van der Waals surface area contributed by atoms with Crippen LogP contribution in [-0.2, 0) is 11.8 Å². The second kappa shape index (κ2) is 21.8. The summed E-state index contributed by atoms with van der Waals surface area (Å²) in [4.78, 5) is 0. The van der Waals surface area contributed by atoms with Gasteiger partial charge in [-0.3, -0.25) is 0 Å². The summed E-state index contributed by atoms with van der Waals surface area (Å²) in [5.41, 5.74) is 0. The third-order valence-corrected chi connectivity index (χ3v) is 0. The summed E-state index contributed by atoms with van der Waals surface area (Å²) in [6.45, 7) is 0. The first-order chi connectivity index (χ1) is 1.00. The molecule has 0 unspecified atom stereocenters. The van der Waals surface area contributed by atoms with Gasteiger partial charge < -0.3 is 0 Å².